The zero-order valence-electron chi connectivity index (χ0n) is 11.3. The highest BCUT2D eigenvalue weighted by Crippen LogP contribution is 2.25. The molecule has 3 aromatic heterocycles. The molecule has 0 radical (unpaired) electrons. The van der Waals surface area contributed by atoms with E-state index in [-0.39, 0.29) is 5.91 Å². The molecule has 0 bridgehead atoms. The van der Waals surface area contributed by atoms with Gasteiger partial charge >= 0.3 is 0 Å². The number of hydrogen-bond acceptors (Lipinski definition) is 6. The van der Waals surface area contributed by atoms with Gasteiger partial charge in [-0.1, -0.05) is 0 Å². The molecule has 3 rings (SSSR count). The van der Waals surface area contributed by atoms with E-state index >= 15 is 0 Å². The second-order valence-electron chi connectivity index (χ2n) is 4.20. The Bertz CT molecular complexity index is 761. The SMILES string of the molecule is COc1nn(C)cc1NC(=O)c1csc(-c2cn[nH]c2)n1. The van der Waals surface area contributed by atoms with Gasteiger partial charge in [-0.2, -0.15) is 5.10 Å². The van der Waals surface area contributed by atoms with Gasteiger partial charge in [0, 0.05) is 24.2 Å². The molecule has 0 saturated carbocycles. The molecule has 0 aliphatic heterocycles. The molecule has 0 fully saturated rings. The van der Waals surface area contributed by atoms with Crippen molar-refractivity contribution in [3.63, 3.8) is 0 Å². The van der Waals surface area contributed by atoms with E-state index in [1.54, 1.807) is 35.7 Å². The summed E-state index contributed by atoms with van der Waals surface area (Å²) in [6.07, 6.45) is 5.05. The van der Waals surface area contributed by atoms with E-state index in [1.807, 2.05) is 0 Å². The van der Waals surface area contributed by atoms with Crippen molar-refractivity contribution < 1.29 is 9.53 Å². The van der Waals surface area contributed by atoms with Gasteiger partial charge in [0.15, 0.2) is 0 Å². The number of aromatic amines is 1. The van der Waals surface area contributed by atoms with Crippen molar-refractivity contribution in [3.05, 3.63) is 29.7 Å². The van der Waals surface area contributed by atoms with Crippen LogP contribution in [0.25, 0.3) is 10.6 Å². The number of anilines is 1. The molecule has 0 spiro atoms. The highest BCUT2D eigenvalue weighted by molar-refractivity contribution is 7.13. The van der Waals surface area contributed by atoms with Crippen molar-refractivity contribution in [2.75, 3.05) is 12.4 Å². The Morgan fingerprint density at radius 2 is 2.38 bits per heavy atom. The highest BCUT2D eigenvalue weighted by atomic mass is 32.1. The first-order chi connectivity index (χ1) is 10.2. The Hall–Kier alpha value is -2.68. The van der Waals surface area contributed by atoms with Gasteiger partial charge in [0.1, 0.15) is 16.4 Å². The molecule has 2 N–H and O–H groups in total. The Morgan fingerprint density at radius 1 is 1.52 bits per heavy atom. The molecule has 9 heteroatoms. The van der Waals surface area contributed by atoms with Crippen molar-refractivity contribution in [1.29, 1.82) is 0 Å². The summed E-state index contributed by atoms with van der Waals surface area (Å²) in [5.41, 5.74) is 1.68. The number of hydrogen-bond donors (Lipinski definition) is 2. The monoisotopic (exact) mass is 304 g/mol. The third-order valence-corrected chi connectivity index (χ3v) is 3.61. The van der Waals surface area contributed by atoms with Crippen LogP contribution in [0.1, 0.15) is 10.5 Å². The van der Waals surface area contributed by atoms with Crippen molar-refractivity contribution in [2.45, 2.75) is 0 Å². The van der Waals surface area contributed by atoms with Gasteiger partial charge in [-0.3, -0.25) is 14.6 Å². The fourth-order valence-corrected chi connectivity index (χ4v) is 2.55. The average Bonchev–Trinajstić information content (AvgIpc) is 3.18. The van der Waals surface area contributed by atoms with Gasteiger partial charge in [0.25, 0.3) is 11.8 Å². The van der Waals surface area contributed by atoms with E-state index in [2.05, 4.69) is 25.6 Å². The number of nitrogens with zero attached hydrogens (tertiary/aromatic N) is 4. The molecule has 0 aliphatic rings. The summed E-state index contributed by atoms with van der Waals surface area (Å²) < 4.78 is 6.65. The number of carbonyl (C=O) groups excluding carboxylic acids is 1. The molecule has 3 aromatic rings. The lowest BCUT2D eigenvalue weighted by atomic mass is 10.4. The van der Waals surface area contributed by atoms with Crippen LogP contribution in [0.4, 0.5) is 5.69 Å². The topological polar surface area (TPSA) is 97.7 Å². The number of ether oxygens (including phenoxy) is 1. The van der Waals surface area contributed by atoms with Gasteiger partial charge in [-0.05, 0) is 0 Å². The summed E-state index contributed by atoms with van der Waals surface area (Å²) in [5, 5.41) is 15.8. The Labute approximate surface area is 123 Å². The fourth-order valence-electron chi connectivity index (χ4n) is 1.77. The summed E-state index contributed by atoms with van der Waals surface area (Å²) in [4.78, 5) is 16.5. The largest absolute Gasteiger partial charge is 0.478 e. The number of nitrogens with one attached hydrogen (secondary N) is 2. The van der Waals surface area contributed by atoms with E-state index < -0.39 is 0 Å². The van der Waals surface area contributed by atoms with E-state index in [1.165, 1.54) is 18.4 Å². The van der Waals surface area contributed by atoms with Gasteiger partial charge < -0.3 is 10.1 Å². The van der Waals surface area contributed by atoms with E-state index in [4.69, 9.17) is 4.74 Å². The Morgan fingerprint density at radius 3 is 3.10 bits per heavy atom. The van der Waals surface area contributed by atoms with Crippen LogP contribution in [0, 0.1) is 0 Å². The lowest BCUT2D eigenvalue weighted by Crippen LogP contribution is -2.12. The number of aromatic nitrogens is 5. The third kappa shape index (κ3) is 2.63. The van der Waals surface area contributed by atoms with Crippen LogP contribution < -0.4 is 10.1 Å². The molecule has 0 atom stereocenters. The summed E-state index contributed by atoms with van der Waals surface area (Å²) in [6, 6.07) is 0. The maximum Gasteiger partial charge on any atom is 0.275 e. The predicted molar refractivity (Wildman–Crippen MR) is 77.4 cm³/mol. The van der Waals surface area contributed by atoms with Crippen LogP contribution in [-0.4, -0.2) is 38.0 Å². The molecular weight excluding hydrogens is 292 g/mol. The van der Waals surface area contributed by atoms with Gasteiger partial charge in [0.2, 0.25) is 0 Å². The smallest absolute Gasteiger partial charge is 0.275 e. The number of amides is 1. The van der Waals surface area contributed by atoms with Gasteiger partial charge in [-0.15, -0.1) is 16.4 Å². The molecule has 108 valence electrons. The summed E-state index contributed by atoms with van der Waals surface area (Å²) in [5.74, 6) is 0.0448. The Balaban J connectivity index is 1.79. The van der Waals surface area contributed by atoms with Crippen molar-refractivity contribution in [3.8, 4) is 16.5 Å². The molecular formula is C12H12N6O2S. The second-order valence-corrected chi connectivity index (χ2v) is 5.06. The molecule has 0 aromatic carbocycles. The van der Waals surface area contributed by atoms with Gasteiger partial charge in [-0.25, -0.2) is 4.98 Å². The number of aryl methyl sites for hydroxylation is 1. The van der Waals surface area contributed by atoms with Crippen molar-refractivity contribution in [2.24, 2.45) is 7.05 Å². The number of rotatable bonds is 4. The van der Waals surface area contributed by atoms with E-state index in [0.29, 0.717) is 17.3 Å². The van der Waals surface area contributed by atoms with Crippen molar-refractivity contribution >= 4 is 22.9 Å². The standard InChI is InChI=1S/C12H12N6O2S/c1-18-5-8(11(17-18)20-2)15-10(19)9-6-21-12(16-9)7-3-13-14-4-7/h3-6H,1-2H3,(H,13,14)(H,15,19). The minimum Gasteiger partial charge on any atom is -0.478 e. The van der Waals surface area contributed by atoms with Crippen LogP contribution in [0.15, 0.2) is 24.0 Å². The molecule has 1 amide bonds. The zero-order valence-corrected chi connectivity index (χ0v) is 12.1. The average molecular weight is 304 g/mol. The zero-order chi connectivity index (χ0) is 14.8. The lowest BCUT2D eigenvalue weighted by molar-refractivity contribution is 0.102. The fraction of sp³-hybridized carbons (Fsp3) is 0.167. The maximum absolute atomic E-state index is 12.2. The molecule has 0 unspecified atom stereocenters. The minimum atomic E-state index is -0.313. The Kier molecular flexibility index (Phi) is 3.40. The first-order valence-corrected chi connectivity index (χ1v) is 6.89. The number of methoxy groups -OCH3 is 1. The third-order valence-electron chi connectivity index (χ3n) is 2.72. The van der Waals surface area contributed by atoms with Crippen LogP contribution in [-0.2, 0) is 7.05 Å². The summed E-state index contributed by atoms with van der Waals surface area (Å²) >= 11 is 1.38. The first kappa shape index (κ1) is 13.3. The normalized spacial score (nSPS) is 10.6. The quantitative estimate of drug-likeness (QED) is 0.761. The first-order valence-electron chi connectivity index (χ1n) is 6.01. The van der Waals surface area contributed by atoms with Crippen LogP contribution in [0.3, 0.4) is 0 Å². The second kappa shape index (κ2) is 5.37. The summed E-state index contributed by atoms with van der Waals surface area (Å²) in [6.45, 7) is 0. The van der Waals surface area contributed by atoms with E-state index in [0.717, 1.165) is 10.6 Å². The maximum atomic E-state index is 12.2. The minimum absolute atomic E-state index is 0.313. The van der Waals surface area contributed by atoms with E-state index in [9.17, 15) is 4.79 Å². The molecule has 0 aliphatic carbocycles. The molecule has 0 saturated heterocycles. The van der Waals surface area contributed by atoms with Crippen LogP contribution in [0.5, 0.6) is 5.88 Å². The number of carbonyl (C=O) groups is 1. The highest BCUT2D eigenvalue weighted by Gasteiger charge is 2.16. The number of H-pyrrole nitrogens is 1. The molecule has 3 heterocycles. The van der Waals surface area contributed by atoms with Crippen LogP contribution >= 0.6 is 11.3 Å². The lowest BCUT2D eigenvalue weighted by Gasteiger charge is -2.01. The van der Waals surface area contributed by atoms with Crippen molar-refractivity contribution in [1.82, 2.24) is 25.0 Å². The van der Waals surface area contributed by atoms with Gasteiger partial charge in [0.05, 0.1) is 19.5 Å². The van der Waals surface area contributed by atoms with Crippen LogP contribution in [0.2, 0.25) is 0 Å². The summed E-state index contributed by atoms with van der Waals surface area (Å²) in [7, 11) is 3.25. The predicted octanol–water partition coefficient (Wildman–Crippen LogP) is 1.53. The molecule has 8 nitrogen and oxygen atoms in total. The number of thiazole rings is 1. The molecule has 21 heavy (non-hydrogen) atoms.